The van der Waals surface area contributed by atoms with E-state index in [1.165, 1.54) is 4.90 Å². The monoisotopic (exact) mass is 544 g/mol. The van der Waals surface area contributed by atoms with Crippen molar-refractivity contribution in [3.63, 3.8) is 0 Å². The lowest BCUT2D eigenvalue weighted by atomic mass is 9.94. The largest absolute Gasteiger partial charge is 0.395 e. The quantitative estimate of drug-likeness (QED) is 0.254. The summed E-state index contributed by atoms with van der Waals surface area (Å²) in [6.45, 7) is 2.05. The molecule has 5 rings (SSSR count). The van der Waals surface area contributed by atoms with Crippen molar-refractivity contribution in [1.82, 2.24) is 14.7 Å². The molecule has 1 saturated carbocycles. The summed E-state index contributed by atoms with van der Waals surface area (Å²) < 4.78 is 4.04. The first-order valence-corrected chi connectivity index (χ1v) is 14.0. The maximum atomic E-state index is 14.3. The molecule has 9 nitrogen and oxygen atoms in total. The van der Waals surface area contributed by atoms with Crippen LogP contribution in [-0.4, -0.2) is 33.1 Å². The van der Waals surface area contributed by atoms with Gasteiger partial charge in [-0.05, 0) is 54.6 Å². The van der Waals surface area contributed by atoms with Crippen LogP contribution in [0.25, 0.3) is 10.9 Å². The number of fused-ring (bicyclic) bond motifs is 1. The number of para-hydroxylation sites is 1. The number of carbonyl (C=O) groups excluding carboxylic acids is 3. The van der Waals surface area contributed by atoms with Gasteiger partial charge in [0.25, 0.3) is 11.8 Å². The normalized spacial score (nSPS) is 14.7. The Labute approximate surface area is 230 Å². The first-order chi connectivity index (χ1) is 18.9. The van der Waals surface area contributed by atoms with Gasteiger partial charge in [0.05, 0.1) is 5.69 Å². The molecule has 39 heavy (non-hydrogen) atoms. The van der Waals surface area contributed by atoms with Gasteiger partial charge in [0.15, 0.2) is 5.69 Å². The van der Waals surface area contributed by atoms with Gasteiger partial charge in [-0.25, -0.2) is 0 Å². The number of rotatable bonds is 8. The number of hydrogen-bond acceptors (Lipinski definition) is 6. The van der Waals surface area contributed by atoms with E-state index in [0.717, 1.165) is 66.5 Å². The zero-order chi connectivity index (χ0) is 27.5. The fourth-order valence-corrected chi connectivity index (χ4v) is 6.00. The zero-order valence-corrected chi connectivity index (χ0v) is 22.6. The van der Waals surface area contributed by atoms with Crippen molar-refractivity contribution < 1.29 is 14.4 Å². The van der Waals surface area contributed by atoms with Crippen molar-refractivity contribution >= 4 is 51.5 Å². The van der Waals surface area contributed by atoms with E-state index < -0.39 is 17.9 Å². The highest BCUT2D eigenvalue weighted by molar-refractivity contribution is 7.09. The van der Waals surface area contributed by atoms with Crippen LogP contribution >= 0.6 is 11.5 Å². The van der Waals surface area contributed by atoms with Crippen LogP contribution in [0.4, 0.5) is 11.4 Å². The molecule has 3 amide bonds. The lowest BCUT2D eigenvalue weighted by Gasteiger charge is -2.33. The zero-order valence-electron chi connectivity index (χ0n) is 21.8. The number of anilines is 2. The molecule has 1 atom stereocenters. The minimum Gasteiger partial charge on any atom is -0.395 e. The Hall–Kier alpha value is -4.18. The number of nitrogens with zero attached hydrogens (tertiary/aromatic N) is 2. The number of nitrogen functional groups attached to an aromatic ring is 1. The number of aromatic nitrogens is 2. The van der Waals surface area contributed by atoms with Gasteiger partial charge in [-0.1, -0.05) is 56.5 Å². The molecular formula is C29H32N6O3S. The average Bonchev–Trinajstić information content (AvgIpc) is 3.55. The molecule has 0 aliphatic heterocycles. The highest BCUT2D eigenvalue weighted by Gasteiger charge is 2.38. The van der Waals surface area contributed by atoms with Gasteiger partial charge in [-0.3, -0.25) is 19.3 Å². The van der Waals surface area contributed by atoms with Crippen LogP contribution in [0.2, 0.25) is 0 Å². The third-order valence-corrected chi connectivity index (χ3v) is 8.22. The summed E-state index contributed by atoms with van der Waals surface area (Å²) in [5, 5.41) is 4.06. The fraction of sp³-hybridized carbons (Fsp3) is 0.310. The summed E-state index contributed by atoms with van der Waals surface area (Å²) >= 11 is 0.802. The Morgan fingerprint density at radius 1 is 1.10 bits per heavy atom. The van der Waals surface area contributed by atoms with Crippen molar-refractivity contribution in [2.24, 2.45) is 5.73 Å². The van der Waals surface area contributed by atoms with E-state index in [1.807, 2.05) is 55.5 Å². The topological polar surface area (TPSA) is 147 Å². The molecule has 0 bridgehead atoms. The number of aryl methyl sites for hydroxylation is 1. The number of amides is 3. The minimum atomic E-state index is -1.01. The van der Waals surface area contributed by atoms with Gasteiger partial charge in [-0.15, -0.1) is 0 Å². The third-order valence-electron chi connectivity index (χ3n) is 7.37. The smallest absolute Gasteiger partial charge is 0.273 e. The van der Waals surface area contributed by atoms with Gasteiger partial charge in [0, 0.05) is 34.4 Å². The number of hydrogen-bond donors (Lipinski definition) is 4. The summed E-state index contributed by atoms with van der Waals surface area (Å²) in [4.78, 5) is 45.1. The number of aromatic amines is 1. The highest BCUT2D eigenvalue weighted by atomic mass is 32.1. The second kappa shape index (κ2) is 11.3. The highest BCUT2D eigenvalue weighted by Crippen LogP contribution is 2.36. The Morgan fingerprint density at radius 2 is 1.82 bits per heavy atom. The summed E-state index contributed by atoms with van der Waals surface area (Å²) in [7, 11) is 0. The van der Waals surface area contributed by atoms with E-state index in [9.17, 15) is 14.4 Å². The predicted octanol–water partition coefficient (Wildman–Crippen LogP) is 4.70. The van der Waals surface area contributed by atoms with E-state index in [0.29, 0.717) is 11.3 Å². The summed E-state index contributed by atoms with van der Waals surface area (Å²) in [5.41, 5.74) is 14.5. The molecule has 1 aliphatic carbocycles. The van der Waals surface area contributed by atoms with Crippen LogP contribution in [-0.2, 0) is 11.2 Å². The molecule has 6 N–H and O–H groups in total. The predicted molar refractivity (Wildman–Crippen MR) is 154 cm³/mol. The summed E-state index contributed by atoms with van der Waals surface area (Å²) in [6, 6.07) is 14.2. The average molecular weight is 545 g/mol. The standard InChI is InChI=1S/C29H32N6O3S/c1-2-17-12-14-19(15-13-17)35(29(38)26-23(30)24(27(31)36)34-39-26)25(28(37)33-18-8-4-3-5-9-18)21-16-32-22-11-7-6-10-20(21)22/h6-7,10-16,18,25,32H,2-5,8-9,30H2,1H3,(H2,31,36)(H,33,37). The molecule has 2 aromatic heterocycles. The van der Waals surface area contributed by atoms with Gasteiger partial charge in [0.2, 0.25) is 5.91 Å². The van der Waals surface area contributed by atoms with Crippen molar-refractivity contribution in [3.8, 4) is 0 Å². The van der Waals surface area contributed by atoms with Crippen molar-refractivity contribution in [2.75, 3.05) is 10.6 Å². The van der Waals surface area contributed by atoms with Crippen molar-refractivity contribution in [2.45, 2.75) is 57.5 Å². The molecule has 1 aliphatic rings. The Kier molecular flexibility index (Phi) is 7.65. The minimum absolute atomic E-state index is 0.0355. The van der Waals surface area contributed by atoms with Crippen LogP contribution < -0.4 is 21.7 Å². The van der Waals surface area contributed by atoms with Crippen molar-refractivity contribution in [3.05, 3.63) is 76.4 Å². The van der Waals surface area contributed by atoms with E-state index in [1.54, 1.807) is 6.20 Å². The summed E-state index contributed by atoms with van der Waals surface area (Å²) in [5.74, 6) is -1.63. The number of carbonyl (C=O) groups is 3. The molecule has 202 valence electrons. The van der Waals surface area contributed by atoms with E-state index in [2.05, 4.69) is 14.7 Å². The first kappa shape index (κ1) is 26.4. The lowest BCUT2D eigenvalue weighted by molar-refractivity contribution is -0.123. The molecule has 10 heteroatoms. The van der Waals surface area contributed by atoms with E-state index >= 15 is 0 Å². The van der Waals surface area contributed by atoms with Crippen LogP contribution in [0.15, 0.2) is 54.7 Å². The van der Waals surface area contributed by atoms with Crippen LogP contribution in [0.5, 0.6) is 0 Å². The van der Waals surface area contributed by atoms with Crippen LogP contribution in [0.1, 0.15) is 76.4 Å². The van der Waals surface area contributed by atoms with E-state index in [-0.39, 0.29) is 28.2 Å². The second-order valence-electron chi connectivity index (χ2n) is 9.87. The Bertz CT molecular complexity index is 1500. The molecule has 4 aromatic rings. The maximum Gasteiger partial charge on any atom is 0.273 e. The molecular weight excluding hydrogens is 512 g/mol. The van der Waals surface area contributed by atoms with E-state index in [4.69, 9.17) is 11.5 Å². The number of nitrogens with two attached hydrogens (primary N) is 2. The van der Waals surface area contributed by atoms with Gasteiger partial charge in [0.1, 0.15) is 10.9 Å². The van der Waals surface area contributed by atoms with Crippen molar-refractivity contribution in [1.29, 1.82) is 0 Å². The van der Waals surface area contributed by atoms with Gasteiger partial charge >= 0.3 is 0 Å². The molecule has 2 aromatic carbocycles. The number of nitrogens with one attached hydrogen (secondary N) is 2. The Balaban J connectivity index is 1.67. The molecule has 2 heterocycles. The molecule has 0 radical (unpaired) electrons. The SMILES string of the molecule is CCc1ccc(N(C(=O)c2snc(C(N)=O)c2N)C(C(=O)NC2CCCCC2)c2c[nH]c3ccccc23)cc1. The molecule has 0 spiro atoms. The number of primary amides is 1. The van der Waals surface area contributed by atoms with Crippen LogP contribution in [0.3, 0.4) is 0 Å². The number of H-pyrrole nitrogens is 1. The van der Waals surface area contributed by atoms with Gasteiger partial charge < -0.3 is 21.8 Å². The van der Waals surface area contributed by atoms with Gasteiger partial charge in [-0.2, -0.15) is 4.37 Å². The second-order valence-corrected chi connectivity index (χ2v) is 10.6. The first-order valence-electron chi connectivity index (χ1n) is 13.2. The lowest BCUT2D eigenvalue weighted by Crippen LogP contribution is -2.47. The number of benzene rings is 2. The summed E-state index contributed by atoms with van der Waals surface area (Å²) in [6.07, 6.45) is 7.66. The fourth-order valence-electron chi connectivity index (χ4n) is 5.26. The molecule has 1 unspecified atom stereocenters. The maximum absolute atomic E-state index is 14.3. The molecule has 0 saturated heterocycles. The van der Waals surface area contributed by atoms with Crippen LogP contribution in [0, 0.1) is 0 Å². The molecule has 1 fully saturated rings. The third kappa shape index (κ3) is 5.24. The Morgan fingerprint density at radius 3 is 2.49 bits per heavy atom.